The Bertz CT molecular complexity index is 1190. The standard InChI is InChI=1S/C23H18F4N2O2/c1-13-21(30)28-8-9-29(13)22(31)20-7-6-17(18-4-2-3-5-19(18)20)14-10-15(23(25,26)27)12-16(24)11-14/h2-7,10-13H,8-9H2,1H3,(H,28,30). The zero-order chi connectivity index (χ0) is 22.3. The van der Waals surface area contributed by atoms with Crippen LogP contribution in [-0.4, -0.2) is 35.8 Å². The molecule has 0 saturated carbocycles. The lowest BCUT2D eigenvalue weighted by Gasteiger charge is -2.33. The number of hydrogen-bond donors (Lipinski definition) is 1. The SMILES string of the molecule is CC1C(=O)NCCN1C(=O)c1ccc(-c2cc(F)cc(C(F)(F)F)c2)c2ccccc12. The highest BCUT2D eigenvalue weighted by Crippen LogP contribution is 2.36. The second-order valence-corrected chi connectivity index (χ2v) is 7.40. The van der Waals surface area contributed by atoms with Crippen molar-refractivity contribution < 1.29 is 27.2 Å². The van der Waals surface area contributed by atoms with Crippen molar-refractivity contribution in [3.63, 3.8) is 0 Å². The summed E-state index contributed by atoms with van der Waals surface area (Å²) in [6.45, 7) is 2.32. The van der Waals surface area contributed by atoms with Crippen LogP contribution >= 0.6 is 0 Å². The van der Waals surface area contributed by atoms with Crippen molar-refractivity contribution in [3.05, 3.63) is 71.5 Å². The Morgan fingerprint density at radius 3 is 2.48 bits per heavy atom. The van der Waals surface area contributed by atoms with Crippen molar-refractivity contribution in [2.75, 3.05) is 13.1 Å². The Morgan fingerprint density at radius 1 is 1.06 bits per heavy atom. The largest absolute Gasteiger partial charge is 0.416 e. The van der Waals surface area contributed by atoms with Crippen LogP contribution < -0.4 is 5.32 Å². The van der Waals surface area contributed by atoms with Crippen LogP contribution in [0.4, 0.5) is 17.6 Å². The number of fused-ring (bicyclic) bond motifs is 1. The van der Waals surface area contributed by atoms with E-state index in [0.717, 1.165) is 12.1 Å². The third-order valence-electron chi connectivity index (χ3n) is 5.45. The van der Waals surface area contributed by atoms with E-state index in [4.69, 9.17) is 0 Å². The molecule has 1 aliphatic heterocycles. The van der Waals surface area contributed by atoms with E-state index in [9.17, 15) is 27.2 Å². The molecular formula is C23H18F4N2O2. The number of carbonyl (C=O) groups excluding carboxylic acids is 2. The topological polar surface area (TPSA) is 49.4 Å². The van der Waals surface area contributed by atoms with E-state index >= 15 is 0 Å². The van der Waals surface area contributed by atoms with Crippen molar-refractivity contribution in [2.45, 2.75) is 19.1 Å². The zero-order valence-electron chi connectivity index (χ0n) is 16.5. The van der Waals surface area contributed by atoms with Gasteiger partial charge in [0.15, 0.2) is 0 Å². The van der Waals surface area contributed by atoms with E-state index < -0.39 is 23.6 Å². The van der Waals surface area contributed by atoms with Crippen LogP contribution in [0.15, 0.2) is 54.6 Å². The summed E-state index contributed by atoms with van der Waals surface area (Å²) >= 11 is 0. The first kappa shape index (κ1) is 20.8. The first-order valence-corrected chi connectivity index (χ1v) is 9.65. The summed E-state index contributed by atoms with van der Waals surface area (Å²) in [5.74, 6) is -1.59. The molecule has 2 amide bonds. The van der Waals surface area contributed by atoms with E-state index in [2.05, 4.69) is 5.32 Å². The van der Waals surface area contributed by atoms with Crippen molar-refractivity contribution in [2.24, 2.45) is 0 Å². The average Bonchev–Trinajstić information content (AvgIpc) is 2.73. The van der Waals surface area contributed by atoms with E-state index in [1.165, 1.54) is 17.0 Å². The highest BCUT2D eigenvalue weighted by Gasteiger charge is 2.32. The summed E-state index contributed by atoms with van der Waals surface area (Å²) in [7, 11) is 0. The zero-order valence-corrected chi connectivity index (χ0v) is 16.5. The number of carbonyl (C=O) groups is 2. The Hall–Kier alpha value is -3.42. The van der Waals surface area contributed by atoms with Crippen LogP contribution in [0.3, 0.4) is 0 Å². The maximum absolute atomic E-state index is 14.0. The smallest absolute Gasteiger partial charge is 0.353 e. The van der Waals surface area contributed by atoms with Gasteiger partial charge >= 0.3 is 6.18 Å². The Balaban J connectivity index is 1.84. The van der Waals surface area contributed by atoms with Crippen LogP contribution in [0.2, 0.25) is 0 Å². The summed E-state index contributed by atoms with van der Waals surface area (Å²) in [5, 5.41) is 3.73. The molecule has 1 aliphatic rings. The fourth-order valence-corrected chi connectivity index (χ4v) is 3.86. The lowest BCUT2D eigenvalue weighted by atomic mass is 9.93. The van der Waals surface area contributed by atoms with E-state index in [1.807, 2.05) is 0 Å². The van der Waals surface area contributed by atoms with Gasteiger partial charge in [-0.15, -0.1) is 0 Å². The summed E-state index contributed by atoms with van der Waals surface area (Å²) in [4.78, 5) is 26.6. The fourth-order valence-electron chi connectivity index (χ4n) is 3.86. The highest BCUT2D eigenvalue weighted by molar-refractivity contribution is 6.11. The lowest BCUT2D eigenvalue weighted by Crippen LogP contribution is -2.55. The molecular weight excluding hydrogens is 412 g/mol. The minimum atomic E-state index is -4.69. The number of rotatable bonds is 2. The van der Waals surface area contributed by atoms with Crippen LogP contribution in [0, 0.1) is 5.82 Å². The van der Waals surface area contributed by atoms with Crippen LogP contribution in [0.25, 0.3) is 21.9 Å². The number of halogens is 4. The normalized spacial score (nSPS) is 17.0. The quantitative estimate of drug-likeness (QED) is 0.603. The Morgan fingerprint density at radius 2 is 1.77 bits per heavy atom. The van der Waals surface area contributed by atoms with Crippen LogP contribution in [0.1, 0.15) is 22.8 Å². The van der Waals surface area contributed by atoms with Gasteiger partial charge in [-0.1, -0.05) is 30.3 Å². The average molecular weight is 430 g/mol. The molecule has 1 saturated heterocycles. The molecule has 0 aromatic heterocycles. The molecule has 160 valence electrons. The summed E-state index contributed by atoms with van der Waals surface area (Å²) in [5.41, 5.74) is -0.317. The van der Waals surface area contributed by atoms with E-state index in [-0.39, 0.29) is 17.4 Å². The third kappa shape index (κ3) is 3.85. The molecule has 8 heteroatoms. The molecule has 4 rings (SSSR count). The summed E-state index contributed by atoms with van der Waals surface area (Å²) in [6, 6.07) is 11.5. The molecule has 0 aliphatic carbocycles. The van der Waals surface area contributed by atoms with Gasteiger partial charge in [-0.2, -0.15) is 13.2 Å². The van der Waals surface area contributed by atoms with Gasteiger partial charge in [0.2, 0.25) is 5.91 Å². The molecule has 0 radical (unpaired) electrons. The Kier molecular flexibility index (Phi) is 5.16. The number of piperazine rings is 1. The van der Waals surface area contributed by atoms with Gasteiger partial charge in [-0.05, 0) is 53.1 Å². The molecule has 3 aromatic carbocycles. The Labute approximate surface area is 175 Å². The molecule has 3 aromatic rings. The van der Waals surface area contributed by atoms with Gasteiger partial charge in [0.1, 0.15) is 11.9 Å². The predicted octanol–water partition coefficient (Wildman–Crippen LogP) is 4.63. The maximum Gasteiger partial charge on any atom is 0.416 e. The van der Waals surface area contributed by atoms with Gasteiger partial charge in [-0.3, -0.25) is 9.59 Å². The molecule has 0 bridgehead atoms. The van der Waals surface area contributed by atoms with Gasteiger partial charge in [-0.25, -0.2) is 4.39 Å². The molecule has 31 heavy (non-hydrogen) atoms. The number of benzene rings is 3. The lowest BCUT2D eigenvalue weighted by molar-refractivity contribution is -0.137. The molecule has 0 spiro atoms. The molecule has 1 fully saturated rings. The maximum atomic E-state index is 14.0. The minimum absolute atomic E-state index is 0.0632. The minimum Gasteiger partial charge on any atom is -0.353 e. The monoisotopic (exact) mass is 430 g/mol. The van der Waals surface area contributed by atoms with Crippen molar-refractivity contribution in [1.29, 1.82) is 0 Å². The van der Waals surface area contributed by atoms with Crippen molar-refractivity contribution in [1.82, 2.24) is 10.2 Å². The molecule has 1 N–H and O–H groups in total. The molecule has 1 heterocycles. The molecule has 4 nitrogen and oxygen atoms in total. The number of nitrogens with one attached hydrogen (secondary N) is 1. The van der Waals surface area contributed by atoms with Gasteiger partial charge in [0, 0.05) is 18.7 Å². The summed E-state index contributed by atoms with van der Waals surface area (Å²) in [6.07, 6.45) is -4.69. The molecule has 1 atom stereocenters. The fraction of sp³-hybridized carbons (Fsp3) is 0.217. The number of amides is 2. The predicted molar refractivity (Wildman–Crippen MR) is 108 cm³/mol. The van der Waals surface area contributed by atoms with Gasteiger partial charge < -0.3 is 10.2 Å². The summed E-state index contributed by atoms with van der Waals surface area (Å²) < 4.78 is 53.5. The van der Waals surface area contributed by atoms with Crippen molar-refractivity contribution in [3.8, 4) is 11.1 Å². The number of nitrogens with zero attached hydrogens (tertiary/aromatic N) is 1. The first-order valence-electron chi connectivity index (χ1n) is 9.65. The highest BCUT2D eigenvalue weighted by atomic mass is 19.4. The third-order valence-corrected chi connectivity index (χ3v) is 5.45. The van der Waals surface area contributed by atoms with Gasteiger partial charge in [0.05, 0.1) is 5.56 Å². The van der Waals surface area contributed by atoms with E-state index in [0.29, 0.717) is 41.1 Å². The first-order chi connectivity index (χ1) is 14.7. The van der Waals surface area contributed by atoms with E-state index in [1.54, 1.807) is 31.2 Å². The van der Waals surface area contributed by atoms with Gasteiger partial charge in [0.25, 0.3) is 5.91 Å². The molecule has 1 unspecified atom stereocenters. The van der Waals surface area contributed by atoms with Crippen LogP contribution in [0.5, 0.6) is 0 Å². The second kappa shape index (κ2) is 7.68. The second-order valence-electron chi connectivity index (χ2n) is 7.40. The number of hydrogen-bond acceptors (Lipinski definition) is 2. The number of alkyl halides is 3. The van der Waals surface area contributed by atoms with Crippen molar-refractivity contribution >= 4 is 22.6 Å². The van der Waals surface area contributed by atoms with Crippen LogP contribution in [-0.2, 0) is 11.0 Å².